The van der Waals surface area contributed by atoms with E-state index in [1.807, 2.05) is 0 Å². The predicted molar refractivity (Wildman–Crippen MR) is 77.0 cm³/mol. The summed E-state index contributed by atoms with van der Waals surface area (Å²) in [6.45, 7) is 6.54. The second-order valence-electron chi connectivity index (χ2n) is 6.37. The van der Waals surface area contributed by atoms with Crippen molar-refractivity contribution in [3.63, 3.8) is 0 Å². The number of amides is 1. The minimum Gasteiger partial charge on any atom is -0.508 e. The van der Waals surface area contributed by atoms with Crippen molar-refractivity contribution in [1.82, 2.24) is 0 Å². The number of nitrogens with one attached hydrogen (secondary N) is 1. The topological polar surface area (TPSA) is 49.3 Å². The number of benzene rings is 1. The molecule has 0 bridgehead atoms. The normalized spacial score (nSPS) is 25.8. The van der Waals surface area contributed by atoms with Crippen LogP contribution in [0.3, 0.4) is 0 Å². The van der Waals surface area contributed by atoms with E-state index < -0.39 is 0 Å². The van der Waals surface area contributed by atoms with E-state index in [-0.39, 0.29) is 23.0 Å². The summed E-state index contributed by atoms with van der Waals surface area (Å²) in [6.07, 6.45) is 3.43. The first-order valence-corrected chi connectivity index (χ1v) is 7.00. The van der Waals surface area contributed by atoms with Gasteiger partial charge in [-0.3, -0.25) is 4.79 Å². The van der Waals surface area contributed by atoms with Crippen molar-refractivity contribution in [1.29, 1.82) is 0 Å². The largest absolute Gasteiger partial charge is 0.508 e. The Morgan fingerprint density at radius 2 is 1.95 bits per heavy atom. The van der Waals surface area contributed by atoms with Crippen LogP contribution >= 0.6 is 0 Å². The fraction of sp³-hybridized carbons (Fsp3) is 0.562. The molecule has 1 aliphatic rings. The third kappa shape index (κ3) is 3.09. The van der Waals surface area contributed by atoms with Crippen molar-refractivity contribution >= 4 is 11.6 Å². The minimum atomic E-state index is 0.0510. The number of hydrogen-bond donors (Lipinski definition) is 2. The monoisotopic (exact) mass is 261 g/mol. The molecule has 2 atom stereocenters. The van der Waals surface area contributed by atoms with Crippen molar-refractivity contribution in [2.45, 2.75) is 40.0 Å². The number of phenolic OH excluding ortho intramolecular Hbond substituents is 1. The molecule has 1 aliphatic carbocycles. The van der Waals surface area contributed by atoms with Crippen LogP contribution in [-0.2, 0) is 4.79 Å². The van der Waals surface area contributed by atoms with Crippen LogP contribution in [0.5, 0.6) is 5.75 Å². The van der Waals surface area contributed by atoms with Crippen LogP contribution in [-0.4, -0.2) is 11.0 Å². The summed E-state index contributed by atoms with van der Waals surface area (Å²) in [5, 5.41) is 12.2. The quantitative estimate of drug-likeness (QED) is 0.796. The first kappa shape index (κ1) is 13.9. The van der Waals surface area contributed by atoms with Gasteiger partial charge in [0.2, 0.25) is 5.91 Å². The maximum Gasteiger partial charge on any atom is 0.228 e. The van der Waals surface area contributed by atoms with E-state index in [0.717, 1.165) is 18.5 Å². The number of carbonyl (C=O) groups is 1. The van der Waals surface area contributed by atoms with Crippen LogP contribution in [0.2, 0.25) is 0 Å². The molecule has 0 radical (unpaired) electrons. The Morgan fingerprint density at radius 1 is 1.32 bits per heavy atom. The van der Waals surface area contributed by atoms with E-state index in [0.29, 0.717) is 5.92 Å². The summed E-state index contributed by atoms with van der Waals surface area (Å²) in [4.78, 5) is 12.5. The molecule has 1 amide bonds. The zero-order valence-corrected chi connectivity index (χ0v) is 11.9. The van der Waals surface area contributed by atoms with Gasteiger partial charge in [-0.05, 0) is 48.4 Å². The van der Waals surface area contributed by atoms with Gasteiger partial charge in [0, 0.05) is 11.6 Å². The smallest absolute Gasteiger partial charge is 0.228 e. The molecular weight excluding hydrogens is 238 g/mol. The number of hydrogen-bond acceptors (Lipinski definition) is 2. The van der Waals surface area contributed by atoms with Crippen LogP contribution in [0.4, 0.5) is 5.69 Å². The number of carbonyl (C=O) groups excluding carboxylic acids is 1. The molecule has 0 spiro atoms. The highest BCUT2D eigenvalue weighted by Crippen LogP contribution is 2.44. The molecule has 2 rings (SSSR count). The van der Waals surface area contributed by atoms with Crippen molar-refractivity contribution in [2.75, 3.05) is 5.32 Å². The Hall–Kier alpha value is -1.51. The average Bonchev–Trinajstić information content (AvgIpc) is 2.30. The summed E-state index contributed by atoms with van der Waals surface area (Å²) >= 11 is 0. The standard InChI is InChI=1S/C16H23NO2/c1-11-5-4-10-16(2,3)14(11)15(19)17-12-6-8-13(18)9-7-12/h6-9,11,14,18H,4-5,10H2,1-3H3,(H,17,19). The van der Waals surface area contributed by atoms with Crippen molar-refractivity contribution in [2.24, 2.45) is 17.3 Å². The number of phenols is 1. The zero-order valence-electron chi connectivity index (χ0n) is 11.9. The summed E-state index contributed by atoms with van der Waals surface area (Å²) in [5.41, 5.74) is 0.801. The molecular formula is C16H23NO2. The lowest BCUT2D eigenvalue weighted by Crippen LogP contribution is -2.42. The zero-order chi connectivity index (χ0) is 14.0. The fourth-order valence-electron chi connectivity index (χ4n) is 3.35. The number of rotatable bonds is 2. The number of anilines is 1. The Kier molecular flexibility index (Phi) is 3.83. The van der Waals surface area contributed by atoms with Gasteiger partial charge in [-0.15, -0.1) is 0 Å². The van der Waals surface area contributed by atoms with Gasteiger partial charge in [-0.2, -0.15) is 0 Å². The van der Waals surface area contributed by atoms with Gasteiger partial charge in [0.25, 0.3) is 0 Å². The molecule has 2 unspecified atom stereocenters. The average molecular weight is 261 g/mol. The lowest BCUT2D eigenvalue weighted by atomic mass is 9.64. The Bertz CT molecular complexity index is 450. The van der Waals surface area contributed by atoms with Gasteiger partial charge < -0.3 is 10.4 Å². The maximum absolute atomic E-state index is 12.5. The van der Waals surface area contributed by atoms with Gasteiger partial charge in [0.15, 0.2) is 0 Å². The maximum atomic E-state index is 12.5. The Labute approximate surface area is 115 Å². The molecule has 2 N–H and O–H groups in total. The van der Waals surface area contributed by atoms with Crippen molar-refractivity contribution in [3.8, 4) is 5.75 Å². The summed E-state index contributed by atoms with van der Waals surface area (Å²) < 4.78 is 0. The number of aromatic hydroxyl groups is 1. The molecule has 1 aromatic rings. The first-order chi connectivity index (χ1) is 8.90. The lowest BCUT2D eigenvalue weighted by Gasteiger charge is -2.41. The van der Waals surface area contributed by atoms with E-state index >= 15 is 0 Å². The second-order valence-corrected chi connectivity index (χ2v) is 6.37. The van der Waals surface area contributed by atoms with Crippen LogP contribution in [0.25, 0.3) is 0 Å². The minimum absolute atomic E-state index is 0.0510. The first-order valence-electron chi connectivity index (χ1n) is 7.00. The molecule has 0 saturated heterocycles. The van der Waals surface area contributed by atoms with Crippen LogP contribution < -0.4 is 5.32 Å². The third-order valence-electron chi connectivity index (χ3n) is 4.31. The molecule has 0 aliphatic heterocycles. The predicted octanol–water partition coefficient (Wildman–Crippen LogP) is 3.79. The molecule has 19 heavy (non-hydrogen) atoms. The van der Waals surface area contributed by atoms with Gasteiger partial charge in [0.05, 0.1) is 0 Å². The Balaban J connectivity index is 2.11. The fourth-order valence-corrected chi connectivity index (χ4v) is 3.35. The van der Waals surface area contributed by atoms with E-state index in [2.05, 4.69) is 26.1 Å². The van der Waals surface area contributed by atoms with Gasteiger partial charge in [0.1, 0.15) is 5.75 Å². The van der Waals surface area contributed by atoms with E-state index in [4.69, 9.17) is 0 Å². The van der Waals surface area contributed by atoms with E-state index in [9.17, 15) is 9.90 Å². The van der Waals surface area contributed by atoms with Gasteiger partial charge in [-0.25, -0.2) is 0 Å². The molecule has 3 nitrogen and oxygen atoms in total. The van der Waals surface area contributed by atoms with E-state index in [1.54, 1.807) is 24.3 Å². The van der Waals surface area contributed by atoms with Crippen molar-refractivity contribution in [3.05, 3.63) is 24.3 Å². The second kappa shape index (κ2) is 5.24. The van der Waals surface area contributed by atoms with Crippen LogP contribution in [0.1, 0.15) is 40.0 Å². The third-order valence-corrected chi connectivity index (χ3v) is 4.31. The van der Waals surface area contributed by atoms with Crippen molar-refractivity contribution < 1.29 is 9.90 Å². The summed E-state index contributed by atoms with van der Waals surface area (Å²) in [6, 6.07) is 6.64. The molecule has 1 saturated carbocycles. The molecule has 1 fully saturated rings. The van der Waals surface area contributed by atoms with Crippen LogP contribution in [0, 0.1) is 17.3 Å². The molecule has 104 valence electrons. The molecule has 0 aromatic heterocycles. The summed E-state index contributed by atoms with van der Waals surface area (Å²) in [7, 11) is 0. The summed E-state index contributed by atoms with van der Waals surface area (Å²) in [5.74, 6) is 0.781. The lowest BCUT2D eigenvalue weighted by molar-refractivity contribution is -0.127. The van der Waals surface area contributed by atoms with E-state index in [1.165, 1.54) is 6.42 Å². The highest BCUT2D eigenvalue weighted by atomic mass is 16.3. The molecule has 1 aromatic carbocycles. The van der Waals surface area contributed by atoms with Gasteiger partial charge in [-0.1, -0.05) is 27.2 Å². The highest BCUT2D eigenvalue weighted by molar-refractivity contribution is 5.93. The van der Waals surface area contributed by atoms with Crippen LogP contribution in [0.15, 0.2) is 24.3 Å². The molecule has 3 heteroatoms. The van der Waals surface area contributed by atoms with Gasteiger partial charge >= 0.3 is 0 Å². The Morgan fingerprint density at radius 3 is 2.53 bits per heavy atom. The SMILES string of the molecule is CC1CCCC(C)(C)C1C(=O)Nc1ccc(O)cc1. The molecule has 0 heterocycles. The highest BCUT2D eigenvalue weighted by Gasteiger charge is 2.41.